The minimum Gasteiger partial charge on any atom is -0.543 e. The van der Waals surface area contributed by atoms with Crippen molar-refractivity contribution in [3.63, 3.8) is 0 Å². The summed E-state index contributed by atoms with van der Waals surface area (Å²) in [6, 6.07) is 22.9. The van der Waals surface area contributed by atoms with Crippen molar-refractivity contribution >= 4 is 29.9 Å². The maximum Gasteiger partial charge on any atom is 0.250 e. The summed E-state index contributed by atoms with van der Waals surface area (Å²) in [5.74, 6) is 1.10. The number of hydrogen-bond acceptors (Lipinski definition) is 1. The fraction of sp³-hybridized carbons (Fsp3) is 0.300. The van der Waals surface area contributed by atoms with E-state index in [1.165, 1.54) is 21.5 Å². The minimum atomic E-state index is -1.69. The molecule has 0 N–H and O–H groups in total. The van der Waals surface area contributed by atoms with Gasteiger partial charge in [0.1, 0.15) is 5.75 Å². The van der Waals surface area contributed by atoms with Crippen LogP contribution in [0.25, 0.3) is 21.5 Å². The summed E-state index contributed by atoms with van der Waals surface area (Å²) >= 11 is 0. The summed E-state index contributed by atoms with van der Waals surface area (Å²) in [4.78, 5) is 0. The zero-order chi connectivity index (χ0) is 15.6. The van der Waals surface area contributed by atoms with E-state index in [1.54, 1.807) is 0 Å². The van der Waals surface area contributed by atoms with Crippen LogP contribution in [0.2, 0.25) is 18.1 Å². The standard InChI is InChI=1S/C20H24OSi/c1-4-22(5-2,6-3)21-20-18-13-9-7-11-16(18)15-17-12-8-10-14-19(17)20/h7-15H,4-6H2,1-3H3. The molecule has 22 heavy (non-hydrogen) atoms. The molecule has 0 fully saturated rings. The van der Waals surface area contributed by atoms with Crippen molar-refractivity contribution in [3.05, 3.63) is 54.6 Å². The molecule has 0 bridgehead atoms. The molecule has 3 aromatic rings. The van der Waals surface area contributed by atoms with Gasteiger partial charge in [0.15, 0.2) is 0 Å². The number of fused-ring (bicyclic) bond motifs is 2. The first-order valence-corrected chi connectivity index (χ1v) is 10.9. The predicted octanol–water partition coefficient (Wildman–Crippen LogP) is 6.38. The van der Waals surface area contributed by atoms with Crippen molar-refractivity contribution in [1.82, 2.24) is 0 Å². The molecular formula is C20H24OSi. The summed E-state index contributed by atoms with van der Waals surface area (Å²) in [6.07, 6.45) is 0. The highest BCUT2D eigenvalue weighted by Gasteiger charge is 2.31. The summed E-state index contributed by atoms with van der Waals surface area (Å²) in [5.41, 5.74) is 0. The van der Waals surface area contributed by atoms with Gasteiger partial charge < -0.3 is 4.43 Å². The van der Waals surface area contributed by atoms with Crippen LogP contribution >= 0.6 is 0 Å². The maximum absolute atomic E-state index is 6.82. The molecule has 0 spiro atoms. The average Bonchev–Trinajstić information content (AvgIpc) is 2.59. The largest absolute Gasteiger partial charge is 0.543 e. The van der Waals surface area contributed by atoms with Gasteiger partial charge in [0.2, 0.25) is 0 Å². The van der Waals surface area contributed by atoms with Gasteiger partial charge in [-0.15, -0.1) is 0 Å². The zero-order valence-electron chi connectivity index (χ0n) is 13.7. The van der Waals surface area contributed by atoms with Crippen LogP contribution in [0.1, 0.15) is 20.8 Å². The van der Waals surface area contributed by atoms with Gasteiger partial charge in [0, 0.05) is 10.8 Å². The summed E-state index contributed by atoms with van der Waals surface area (Å²) in [6.45, 7) is 6.85. The molecule has 0 heterocycles. The van der Waals surface area contributed by atoms with Crippen LogP contribution in [0.15, 0.2) is 54.6 Å². The van der Waals surface area contributed by atoms with E-state index in [-0.39, 0.29) is 0 Å². The Morgan fingerprint density at radius 2 is 1.18 bits per heavy atom. The second-order valence-corrected chi connectivity index (χ2v) is 10.7. The Kier molecular flexibility index (Phi) is 4.21. The Labute approximate surface area is 134 Å². The maximum atomic E-state index is 6.82. The molecular weight excluding hydrogens is 284 g/mol. The molecule has 0 atom stereocenters. The van der Waals surface area contributed by atoms with Crippen molar-refractivity contribution in [3.8, 4) is 5.75 Å². The topological polar surface area (TPSA) is 9.23 Å². The number of benzene rings is 3. The van der Waals surface area contributed by atoms with Crippen molar-refractivity contribution in [2.45, 2.75) is 38.9 Å². The number of hydrogen-bond donors (Lipinski definition) is 0. The van der Waals surface area contributed by atoms with Crippen molar-refractivity contribution < 1.29 is 4.43 Å². The van der Waals surface area contributed by atoms with E-state index in [9.17, 15) is 0 Å². The molecule has 0 radical (unpaired) electrons. The normalized spacial score (nSPS) is 12.0. The summed E-state index contributed by atoms with van der Waals surface area (Å²) < 4.78 is 6.82. The molecule has 0 aliphatic rings. The van der Waals surface area contributed by atoms with Gasteiger partial charge in [0.25, 0.3) is 8.32 Å². The molecule has 3 aromatic carbocycles. The molecule has 0 unspecified atom stereocenters. The first-order chi connectivity index (χ1) is 10.7. The zero-order valence-corrected chi connectivity index (χ0v) is 14.7. The second kappa shape index (κ2) is 6.13. The first kappa shape index (κ1) is 15.1. The van der Waals surface area contributed by atoms with E-state index in [4.69, 9.17) is 4.43 Å². The predicted molar refractivity (Wildman–Crippen MR) is 99.3 cm³/mol. The fourth-order valence-electron chi connectivity index (χ4n) is 3.26. The van der Waals surface area contributed by atoms with E-state index >= 15 is 0 Å². The lowest BCUT2D eigenvalue weighted by molar-refractivity contribution is 0.543. The lowest BCUT2D eigenvalue weighted by Gasteiger charge is -2.30. The number of rotatable bonds is 5. The molecule has 0 aromatic heterocycles. The van der Waals surface area contributed by atoms with Crippen LogP contribution in [0.4, 0.5) is 0 Å². The van der Waals surface area contributed by atoms with Crippen LogP contribution in [-0.2, 0) is 0 Å². The van der Waals surface area contributed by atoms with Crippen LogP contribution in [0.3, 0.4) is 0 Å². The van der Waals surface area contributed by atoms with E-state index < -0.39 is 8.32 Å². The van der Waals surface area contributed by atoms with Crippen molar-refractivity contribution in [2.24, 2.45) is 0 Å². The van der Waals surface area contributed by atoms with Crippen LogP contribution in [0.5, 0.6) is 5.75 Å². The molecule has 114 valence electrons. The molecule has 0 amide bonds. The molecule has 3 rings (SSSR count). The summed E-state index contributed by atoms with van der Waals surface area (Å²) in [5, 5.41) is 5.02. The SMILES string of the molecule is CC[Si](CC)(CC)Oc1c2ccccc2cc2ccccc12. The van der Waals surface area contributed by atoms with E-state index in [0.29, 0.717) is 0 Å². The lowest BCUT2D eigenvalue weighted by Crippen LogP contribution is -2.39. The highest BCUT2D eigenvalue weighted by Crippen LogP contribution is 2.38. The van der Waals surface area contributed by atoms with Crippen molar-refractivity contribution in [1.29, 1.82) is 0 Å². The molecule has 2 heteroatoms. The van der Waals surface area contributed by atoms with Gasteiger partial charge in [-0.25, -0.2) is 0 Å². The van der Waals surface area contributed by atoms with Crippen LogP contribution in [-0.4, -0.2) is 8.32 Å². The van der Waals surface area contributed by atoms with Crippen molar-refractivity contribution in [2.75, 3.05) is 0 Å². The third-order valence-electron chi connectivity index (χ3n) is 4.97. The van der Waals surface area contributed by atoms with Gasteiger partial charge >= 0.3 is 0 Å². The second-order valence-electron chi connectivity index (χ2n) is 5.99. The van der Waals surface area contributed by atoms with Gasteiger partial charge in [-0.05, 0) is 35.0 Å². The lowest BCUT2D eigenvalue weighted by atomic mass is 10.0. The quantitative estimate of drug-likeness (QED) is 0.392. The Morgan fingerprint density at radius 3 is 1.64 bits per heavy atom. The molecule has 0 saturated carbocycles. The van der Waals surface area contributed by atoms with Gasteiger partial charge in [-0.1, -0.05) is 69.3 Å². The van der Waals surface area contributed by atoms with Crippen LogP contribution < -0.4 is 4.43 Å². The average molecular weight is 308 g/mol. The Bertz CT molecular complexity index is 728. The first-order valence-electron chi connectivity index (χ1n) is 8.32. The molecule has 0 aliphatic heterocycles. The monoisotopic (exact) mass is 308 g/mol. The van der Waals surface area contributed by atoms with E-state index in [0.717, 1.165) is 23.9 Å². The Balaban J connectivity index is 2.28. The van der Waals surface area contributed by atoms with Gasteiger partial charge in [-0.2, -0.15) is 0 Å². The highest BCUT2D eigenvalue weighted by molar-refractivity contribution is 6.74. The Hall–Kier alpha value is -1.80. The van der Waals surface area contributed by atoms with Gasteiger partial charge in [-0.3, -0.25) is 0 Å². The smallest absolute Gasteiger partial charge is 0.250 e. The Morgan fingerprint density at radius 1 is 0.727 bits per heavy atom. The third-order valence-corrected chi connectivity index (χ3v) is 9.48. The highest BCUT2D eigenvalue weighted by atomic mass is 28.4. The molecule has 1 nitrogen and oxygen atoms in total. The third kappa shape index (κ3) is 2.52. The minimum absolute atomic E-state index is 1.10. The fourth-order valence-corrected chi connectivity index (χ4v) is 5.85. The molecule has 0 saturated heterocycles. The molecule has 0 aliphatic carbocycles. The van der Waals surface area contributed by atoms with E-state index in [2.05, 4.69) is 75.4 Å². The van der Waals surface area contributed by atoms with Crippen LogP contribution in [0, 0.1) is 0 Å². The van der Waals surface area contributed by atoms with E-state index in [1.807, 2.05) is 0 Å². The summed E-state index contributed by atoms with van der Waals surface area (Å²) in [7, 11) is -1.69. The van der Waals surface area contributed by atoms with Gasteiger partial charge in [0.05, 0.1) is 0 Å².